The number of nitrogens with zero attached hydrogens (tertiary/aromatic N) is 2. The van der Waals surface area contributed by atoms with Gasteiger partial charge in [-0.1, -0.05) is 17.3 Å². The summed E-state index contributed by atoms with van der Waals surface area (Å²) in [6.07, 6.45) is -2.79. The molecule has 1 aromatic carbocycles. The largest absolute Gasteiger partial charge is 0.573 e. The summed E-state index contributed by atoms with van der Waals surface area (Å²) in [7, 11) is 0. The van der Waals surface area contributed by atoms with Gasteiger partial charge in [-0.25, -0.2) is 0 Å². The fraction of sp³-hybridized carbons (Fsp3) is 0.333. The second kappa shape index (κ2) is 6.38. The van der Waals surface area contributed by atoms with Crippen molar-refractivity contribution in [3.63, 3.8) is 0 Å². The molecule has 5 nitrogen and oxygen atoms in total. The molecule has 0 radical (unpaired) electrons. The molecule has 0 amide bonds. The van der Waals surface area contributed by atoms with Crippen LogP contribution in [0.15, 0.2) is 35.2 Å². The number of halogens is 3. The van der Waals surface area contributed by atoms with E-state index in [9.17, 15) is 13.2 Å². The van der Waals surface area contributed by atoms with Crippen molar-refractivity contribution in [2.45, 2.75) is 19.3 Å². The molecule has 0 unspecified atom stereocenters. The summed E-state index contributed by atoms with van der Waals surface area (Å²) in [5.74, 6) is 0.375. The molecule has 0 atom stereocenters. The predicted octanol–water partition coefficient (Wildman–Crippen LogP) is 2.30. The Balaban J connectivity index is 1.73. The average molecular weight is 287 g/mol. The molecule has 1 N–H and O–H groups in total. The normalized spacial score (nSPS) is 11.6. The van der Waals surface area contributed by atoms with E-state index in [1.165, 1.54) is 18.5 Å². The summed E-state index contributed by atoms with van der Waals surface area (Å²) in [4.78, 5) is 3.87. The van der Waals surface area contributed by atoms with E-state index in [2.05, 4.69) is 24.7 Å². The maximum atomic E-state index is 12.0. The first-order valence-electron chi connectivity index (χ1n) is 5.83. The monoisotopic (exact) mass is 287 g/mol. The summed E-state index contributed by atoms with van der Waals surface area (Å²) in [5, 5.41) is 6.78. The standard InChI is InChI=1S/C12H12F3N3O2/c13-12(14,15)20-10-3-1-9(2-4-10)7-16-6-5-11-17-8-19-18-11/h1-4,8,16H,5-7H2. The molecule has 8 heteroatoms. The first-order valence-corrected chi connectivity index (χ1v) is 5.83. The first kappa shape index (κ1) is 14.3. The lowest BCUT2D eigenvalue weighted by atomic mass is 10.2. The molecule has 108 valence electrons. The molecule has 1 heterocycles. The van der Waals surface area contributed by atoms with E-state index in [0.29, 0.717) is 25.3 Å². The topological polar surface area (TPSA) is 60.2 Å². The highest BCUT2D eigenvalue weighted by Gasteiger charge is 2.30. The summed E-state index contributed by atoms with van der Waals surface area (Å²) in [6, 6.07) is 5.71. The molecule has 0 saturated carbocycles. The van der Waals surface area contributed by atoms with Gasteiger partial charge < -0.3 is 14.6 Å². The second-order valence-corrected chi connectivity index (χ2v) is 3.97. The number of ether oxygens (including phenoxy) is 1. The first-order chi connectivity index (χ1) is 9.53. The predicted molar refractivity (Wildman–Crippen MR) is 62.8 cm³/mol. The lowest BCUT2D eigenvalue weighted by Crippen LogP contribution is -2.18. The molecule has 0 fully saturated rings. The van der Waals surface area contributed by atoms with E-state index in [1.54, 1.807) is 12.1 Å². The summed E-state index contributed by atoms with van der Waals surface area (Å²) in [6.45, 7) is 1.17. The van der Waals surface area contributed by atoms with Gasteiger partial charge in [0.2, 0.25) is 6.39 Å². The van der Waals surface area contributed by atoms with Gasteiger partial charge in [0.25, 0.3) is 0 Å². The lowest BCUT2D eigenvalue weighted by molar-refractivity contribution is -0.274. The molecule has 0 aliphatic rings. The Kier molecular flexibility index (Phi) is 4.57. The average Bonchev–Trinajstić information content (AvgIpc) is 2.88. The van der Waals surface area contributed by atoms with Gasteiger partial charge in [-0.15, -0.1) is 13.2 Å². The summed E-state index contributed by atoms with van der Waals surface area (Å²) in [5.41, 5.74) is 0.854. The van der Waals surface area contributed by atoms with Crippen LogP contribution < -0.4 is 10.1 Å². The molecular weight excluding hydrogens is 275 g/mol. The number of hydrogen-bond acceptors (Lipinski definition) is 5. The number of benzene rings is 1. The highest BCUT2D eigenvalue weighted by molar-refractivity contribution is 5.27. The minimum absolute atomic E-state index is 0.229. The minimum Gasteiger partial charge on any atom is -0.406 e. The summed E-state index contributed by atoms with van der Waals surface area (Å²) < 4.78 is 44.3. The number of rotatable bonds is 6. The van der Waals surface area contributed by atoms with Crippen molar-refractivity contribution in [3.8, 4) is 5.75 Å². The third-order valence-corrected chi connectivity index (χ3v) is 2.42. The minimum atomic E-state index is -4.66. The number of alkyl halides is 3. The maximum absolute atomic E-state index is 12.0. The molecule has 1 aromatic heterocycles. The number of nitrogens with one attached hydrogen (secondary N) is 1. The van der Waals surface area contributed by atoms with Crippen LogP contribution >= 0.6 is 0 Å². The molecule has 20 heavy (non-hydrogen) atoms. The van der Waals surface area contributed by atoms with Crippen LogP contribution in [0.4, 0.5) is 13.2 Å². The van der Waals surface area contributed by atoms with Crippen molar-refractivity contribution in [2.24, 2.45) is 0 Å². The van der Waals surface area contributed by atoms with Gasteiger partial charge in [-0.3, -0.25) is 0 Å². The van der Waals surface area contributed by atoms with Crippen molar-refractivity contribution in [1.29, 1.82) is 0 Å². The highest BCUT2D eigenvalue weighted by Crippen LogP contribution is 2.22. The number of hydrogen-bond donors (Lipinski definition) is 1. The van der Waals surface area contributed by atoms with Gasteiger partial charge in [0, 0.05) is 19.5 Å². The third-order valence-electron chi connectivity index (χ3n) is 2.42. The Bertz CT molecular complexity index is 512. The molecule has 0 aliphatic heterocycles. The Morgan fingerprint density at radius 3 is 2.55 bits per heavy atom. The van der Waals surface area contributed by atoms with E-state index in [-0.39, 0.29) is 5.75 Å². The zero-order valence-corrected chi connectivity index (χ0v) is 10.4. The van der Waals surface area contributed by atoms with Crippen molar-refractivity contribution in [1.82, 2.24) is 15.5 Å². The van der Waals surface area contributed by atoms with Crippen LogP contribution in [-0.2, 0) is 13.0 Å². The molecule has 0 spiro atoms. The molecule has 0 saturated heterocycles. The van der Waals surface area contributed by atoms with E-state index in [0.717, 1.165) is 5.56 Å². The molecule has 2 rings (SSSR count). The van der Waals surface area contributed by atoms with Crippen LogP contribution in [-0.4, -0.2) is 23.0 Å². The van der Waals surface area contributed by atoms with E-state index >= 15 is 0 Å². The van der Waals surface area contributed by atoms with Crippen LogP contribution in [0.25, 0.3) is 0 Å². The molecule has 2 aromatic rings. The van der Waals surface area contributed by atoms with Crippen molar-refractivity contribution in [3.05, 3.63) is 42.0 Å². The van der Waals surface area contributed by atoms with Gasteiger partial charge >= 0.3 is 6.36 Å². The van der Waals surface area contributed by atoms with Crippen LogP contribution in [0.3, 0.4) is 0 Å². The van der Waals surface area contributed by atoms with Crippen molar-refractivity contribution < 1.29 is 22.4 Å². The van der Waals surface area contributed by atoms with Gasteiger partial charge in [0.05, 0.1) is 0 Å². The Labute approximate surface area is 112 Å². The fourth-order valence-electron chi connectivity index (χ4n) is 1.54. The van der Waals surface area contributed by atoms with Gasteiger partial charge in [-0.2, -0.15) is 4.98 Å². The van der Waals surface area contributed by atoms with Gasteiger partial charge in [0.1, 0.15) is 5.75 Å². The Morgan fingerprint density at radius 1 is 1.20 bits per heavy atom. The molecular formula is C12H12F3N3O2. The highest BCUT2D eigenvalue weighted by atomic mass is 19.4. The third kappa shape index (κ3) is 4.88. The maximum Gasteiger partial charge on any atom is 0.573 e. The Morgan fingerprint density at radius 2 is 1.95 bits per heavy atom. The molecule has 0 aliphatic carbocycles. The van der Waals surface area contributed by atoms with Crippen molar-refractivity contribution >= 4 is 0 Å². The molecule has 0 bridgehead atoms. The fourth-order valence-corrected chi connectivity index (χ4v) is 1.54. The van der Waals surface area contributed by atoms with Crippen molar-refractivity contribution in [2.75, 3.05) is 6.54 Å². The van der Waals surface area contributed by atoms with Crippen LogP contribution in [0.1, 0.15) is 11.4 Å². The smallest absolute Gasteiger partial charge is 0.406 e. The zero-order valence-electron chi connectivity index (χ0n) is 10.4. The summed E-state index contributed by atoms with van der Waals surface area (Å²) >= 11 is 0. The second-order valence-electron chi connectivity index (χ2n) is 3.97. The van der Waals surface area contributed by atoms with Crippen LogP contribution in [0.2, 0.25) is 0 Å². The van der Waals surface area contributed by atoms with Gasteiger partial charge in [0.15, 0.2) is 5.82 Å². The van der Waals surface area contributed by atoms with E-state index in [1.807, 2.05) is 0 Å². The van der Waals surface area contributed by atoms with Crippen LogP contribution in [0, 0.1) is 0 Å². The Hall–Kier alpha value is -2.09. The van der Waals surface area contributed by atoms with Crippen LogP contribution in [0.5, 0.6) is 5.75 Å². The van der Waals surface area contributed by atoms with Gasteiger partial charge in [-0.05, 0) is 17.7 Å². The SMILES string of the molecule is FC(F)(F)Oc1ccc(CNCCc2ncon2)cc1. The van der Waals surface area contributed by atoms with E-state index in [4.69, 9.17) is 0 Å². The zero-order chi connectivity index (χ0) is 14.4. The van der Waals surface area contributed by atoms with E-state index < -0.39 is 6.36 Å². The number of aromatic nitrogens is 2. The quantitative estimate of drug-likeness (QED) is 0.826. The lowest BCUT2D eigenvalue weighted by Gasteiger charge is -2.09.